The number of anilines is 1. The zero-order valence-corrected chi connectivity index (χ0v) is 10.0. The minimum Gasteiger partial charge on any atom is -0.328 e. The van der Waals surface area contributed by atoms with E-state index in [1.807, 2.05) is 6.07 Å². The van der Waals surface area contributed by atoms with Crippen LogP contribution in [0.4, 0.5) is 10.1 Å². The van der Waals surface area contributed by atoms with Gasteiger partial charge in [0.15, 0.2) is 0 Å². The number of benzene rings is 1. The van der Waals surface area contributed by atoms with Gasteiger partial charge >= 0.3 is 0 Å². The highest BCUT2D eigenvalue weighted by Crippen LogP contribution is 2.23. The van der Waals surface area contributed by atoms with Crippen molar-refractivity contribution in [2.24, 2.45) is 5.92 Å². The highest BCUT2D eigenvalue weighted by atomic mass is 19.1. The summed E-state index contributed by atoms with van der Waals surface area (Å²) < 4.78 is 13.4. The topological polar surface area (TPSA) is 73.2 Å². The van der Waals surface area contributed by atoms with Gasteiger partial charge in [-0.15, -0.1) is 0 Å². The average molecular weight is 261 g/mol. The van der Waals surface area contributed by atoms with E-state index in [9.17, 15) is 14.0 Å². The standard InChI is InChI=1S/C13H12FN3O2/c14-11-3-1-2-4-12(11)16-13(19)9-5-10(6-15)17(7-9)8-18/h1-4,8-10H,5,7H2,(H,16,19). The van der Waals surface area contributed by atoms with Gasteiger partial charge in [0, 0.05) is 6.54 Å². The molecule has 6 heteroatoms. The number of nitriles is 1. The van der Waals surface area contributed by atoms with E-state index in [2.05, 4.69) is 5.32 Å². The van der Waals surface area contributed by atoms with E-state index >= 15 is 0 Å². The summed E-state index contributed by atoms with van der Waals surface area (Å²) >= 11 is 0. The number of rotatable bonds is 3. The van der Waals surface area contributed by atoms with E-state index < -0.39 is 17.8 Å². The fourth-order valence-electron chi connectivity index (χ4n) is 2.09. The summed E-state index contributed by atoms with van der Waals surface area (Å²) in [7, 11) is 0. The van der Waals surface area contributed by atoms with Gasteiger partial charge in [0.1, 0.15) is 11.9 Å². The van der Waals surface area contributed by atoms with Gasteiger partial charge in [-0.1, -0.05) is 12.1 Å². The van der Waals surface area contributed by atoms with Crippen LogP contribution < -0.4 is 5.32 Å². The molecule has 1 heterocycles. The van der Waals surface area contributed by atoms with Gasteiger partial charge in [-0.2, -0.15) is 5.26 Å². The number of amides is 2. The molecule has 1 aromatic rings. The maximum absolute atomic E-state index is 13.4. The normalized spacial score (nSPS) is 21.8. The Morgan fingerprint density at radius 2 is 2.26 bits per heavy atom. The molecule has 1 saturated heterocycles. The van der Waals surface area contributed by atoms with Crippen molar-refractivity contribution in [3.05, 3.63) is 30.1 Å². The van der Waals surface area contributed by atoms with Crippen molar-refractivity contribution < 1.29 is 14.0 Å². The summed E-state index contributed by atoms with van der Waals surface area (Å²) in [6.07, 6.45) is 0.833. The lowest BCUT2D eigenvalue weighted by atomic mass is 10.1. The predicted molar refractivity (Wildman–Crippen MR) is 65.3 cm³/mol. The van der Waals surface area contributed by atoms with Gasteiger partial charge in [0.05, 0.1) is 17.7 Å². The number of hydrogen-bond donors (Lipinski definition) is 1. The van der Waals surface area contributed by atoms with Crippen LogP contribution in [0.15, 0.2) is 24.3 Å². The van der Waals surface area contributed by atoms with Crippen molar-refractivity contribution in [1.29, 1.82) is 5.26 Å². The summed E-state index contributed by atoms with van der Waals surface area (Å²) in [5.41, 5.74) is 0.102. The molecule has 5 nitrogen and oxygen atoms in total. The van der Waals surface area contributed by atoms with Crippen LogP contribution in [0, 0.1) is 23.1 Å². The lowest BCUT2D eigenvalue weighted by Crippen LogP contribution is -2.28. The molecule has 2 amide bonds. The lowest BCUT2D eigenvalue weighted by Gasteiger charge is -2.12. The minimum absolute atomic E-state index is 0.102. The summed E-state index contributed by atoms with van der Waals surface area (Å²) in [6.45, 7) is 0.183. The molecule has 0 spiro atoms. The summed E-state index contributed by atoms with van der Waals surface area (Å²) in [4.78, 5) is 24.0. The van der Waals surface area contributed by atoms with Crippen LogP contribution in [-0.2, 0) is 9.59 Å². The molecule has 1 N–H and O–H groups in total. The molecule has 0 aliphatic carbocycles. The Kier molecular flexibility index (Phi) is 3.76. The molecule has 0 aromatic heterocycles. The van der Waals surface area contributed by atoms with E-state index in [-0.39, 0.29) is 24.6 Å². The molecule has 2 unspecified atom stereocenters. The number of para-hydroxylation sites is 1. The third-order valence-electron chi connectivity index (χ3n) is 3.13. The van der Waals surface area contributed by atoms with Gasteiger partial charge in [-0.05, 0) is 18.6 Å². The number of nitrogens with zero attached hydrogens (tertiary/aromatic N) is 2. The van der Waals surface area contributed by atoms with Crippen LogP contribution in [0.5, 0.6) is 0 Å². The minimum atomic E-state index is -0.589. The van der Waals surface area contributed by atoms with E-state index in [4.69, 9.17) is 5.26 Å². The Bertz CT molecular complexity index is 541. The zero-order chi connectivity index (χ0) is 13.8. The van der Waals surface area contributed by atoms with Crippen LogP contribution >= 0.6 is 0 Å². The van der Waals surface area contributed by atoms with Crippen LogP contribution in [0.3, 0.4) is 0 Å². The van der Waals surface area contributed by atoms with Crippen molar-refractivity contribution in [3.63, 3.8) is 0 Å². The van der Waals surface area contributed by atoms with Crippen LogP contribution in [-0.4, -0.2) is 29.8 Å². The molecule has 0 radical (unpaired) electrons. The van der Waals surface area contributed by atoms with E-state index in [1.165, 1.54) is 23.1 Å². The Balaban J connectivity index is 2.04. The third kappa shape index (κ3) is 2.71. The third-order valence-corrected chi connectivity index (χ3v) is 3.13. The summed E-state index contributed by atoms with van der Waals surface area (Å²) in [6, 6.07) is 7.23. The van der Waals surface area contributed by atoms with Gasteiger partial charge in [-0.25, -0.2) is 4.39 Å². The Morgan fingerprint density at radius 1 is 1.53 bits per heavy atom. The fraction of sp³-hybridized carbons (Fsp3) is 0.308. The van der Waals surface area contributed by atoms with Crippen molar-refractivity contribution in [1.82, 2.24) is 4.90 Å². The maximum Gasteiger partial charge on any atom is 0.229 e. The molecule has 19 heavy (non-hydrogen) atoms. The molecule has 1 aliphatic rings. The van der Waals surface area contributed by atoms with Crippen LogP contribution in [0.1, 0.15) is 6.42 Å². The molecule has 1 aromatic carbocycles. The van der Waals surface area contributed by atoms with E-state index in [0.717, 1.165) is 0 Å². The first kappa shape index (κ1) is 13.0. The van der Waals surface area contributed by atoms with Crippen molar-refractivity contribution in [2.75, 3.05) is 11.9 Å². The number of hydrogen-bond acceptors (Lipinski definition) is 3. The second kappa shape index (κ2) is 5.48. The maximum atomic E-state index is 13.4. The predicted octanol–water partition coefficient (Wildman–Crippen LogP) is 1.13. The molecule has 2 rings (SSSR count). The monoisotopic (exact) mass is 261 g/mol. The van der Waals surface area contributed by atoms with E-state index in [0.29, 0.717) is 6.41 Å². The second-order valence-electron chi connectivity index (χ2n) is 4.35. The smallest absolute Gasteiger partial charge is 0.229 e. The SMILES string of the molecule is N#CC1CC(C(=O)Nc2ccccc2F)CN1C=O. The molecule has 1 aliphatic heterocycles. The van der Waals surface area contributed by atoms with Crippen molar-refractivity contribution in [3.8, 4) is 6.07 Å². The zero-order valence-electron chi connectivity index (χ0n) is 10.0. The summed E-state index contributed by atoms with van der Waals surface area (Å²) in [5.74, 6) is -1.39. The average Bonchev–Trinajstić information content (AvgIpc) is 2.84. The quantitative estimate of drug-likeness (QED) is 0.829. The number of nitrogens with one attached hydrogen (secondary N) is 1. The van der Waals surface area contributed by atoms with Crippen LogP contribution in [0.2, 0.25) is 0 Å². The van der Waals surface area contributed by atoms with Gasteiger partial charge in [-0.3, -0.25) is 9.59 Å². The van der Waals surface area contributed by atoms with Crippen molar-refractivity contribution >= 4 is 18.0 Å². The van der Waals surface area contributed by atoms with E-state index in [1.54, 1.807) is 6.07 Å². The molecule has 1 fully saturated rings. The molecule has 2 atom stereocenters. The highest BCUT2D eigenvalue weighted by molar-refractivity contribution is 5.93. The fourth-order valence-corrected chi connectivity index (χ4v) is 2.09. The number of halogens is 1. The van der Waals surface area contributed by atoms with Crippen LogP contribution in [0.25, 0.3) is 0 Å². The number of likely N-dealkylation sites (tertiary alicyclic amines) is 1. The van der Waals surface area contributed by atoms with Crippen molar-refractivity contribution in [2.45, 2.75) is 12.5 Å². The Hall–Kier alpha value is -2.42. The Labute approximate surface area is 109 Å². The number of carbonyl (C=O) groups excluding carboxylic acids is 2. The highest BCUT2D eigenvalue weighted by Gasteiger charge is 2.35. The first-order valence-electron chi connectivity index (χ1n) is 5.81. The summed E-state index contributed by atoms with van der Waals surface area (Å²) in [5, 5.41) is 11.3. The van der Waals surface area contributed by atoms with Gasteiger partial charge in [0.2, 0.25) is 12.3 Å². The molecule has 98 valence electrons. The second-order valence-corrected chi connectivity index (χ2v) is 4.35. The largest absolute Gasteiger partial charge is 0.328 e. The first-order valence-corrected chi connectivity index (χ1v) is 5.81. The molecule has 0 bridgehead atoms. The lowest BCUT2D eigenvalue weighted by molar-refractivity contribution is -0.120. The number of carbonyl (C=O) groups is 2. The van der Waals surface area contributed by atoms with Gasteiger partial charge in [0.25, 0.3) is 0 Å². The molecule has 0 saturated carbocycles. The first-order chi connectivity index (χ1) is 9.15. The van der Waals surface area contributed by atoms with Gasteiger partial charge < -0.3 is 10.2 Å². The Morgan fingerprint density at radius 3 is 2.84 bits per heavy atom. The molecular formula is C13H12FN3O2. The molecular weight excluding hydrogens is 249 g/mol.